The SMILES string of the molecule is CCC#CCC1(O)CC2CCC(C1)N2Cc1ccccc1. The first-order chi connectivity index (χ1) is 10.2. The van der Waals surface area contributed by atoms with Gasteiger partial charge in [-0.05, 0) is 31.2 Å². The number of piperidine rings is 1. The molecular formula is C19H25NO. The molecule has 1 N–H and O–H groups in total. The van der Waals surface area contributed by atoms with Crippen molar-refractivity contribution in [2.45, 2.75) is 69.7 Å². The molecule has 0 spiro atoms. The summed E-state index contributed by atoms with van der Waals surface area (Å²) in [6.07, 6.45) is 5.74. The van der Waals surface area contributed by atoms with E-state index < -0.39 is 5.60 Å². The predicted molar refractivity (Wildman–Crippen MR) is 85.7 cm³/mol. The van der Waals surface area contributed by atoms with Gasteiger partial charge in [-0.2, -0.15) is 0 Å². The van der Waals surface area contributed by atoms with Crippen LogP contribution < -0.4 is 0 Å². The average molecular weight is 283 g/mol. The summed E-state index contributed by atoms with van der Waals surface area (Å²) in [6.45, 7) is 3.08. The van der Waals surface area contributed by atoms with E-state index in [1.807, 2.05) is 0 Å². The molecular weight excluding hydrogens is 258 g/mol. The van der Waals surface area contributed by atoms with Gasteiger partial charge < -0.3 is 5.11 Å². The quantitative estimate of drug-likeness (QED) is 0.860. The van der Waals surface area contributed by atoms with Gasteiger partial charge in [-0.1, -0.05) is 37.3 Å². The van der Waals surface area contributed by atoms with Gasteiger partial charge in [0, 0.05) is 31.5 Å². The maximum atomic E-state index is 10.8. The molecule has 2 aliphatic rings. The first kappa shape index (κ1) is 14.6. The molecule has 21 heavy (non-hydrogen) atoms. The van der Waals surface area contributed by atoms with E-state index >= 15 is 0 Å². The second-order valence-corrected chi connectivity index (χ2v) is 6.56. The molecule has 1 aromatic carbocycles. The minimum Gasteiger partial charge on any atom is -0.389 e. The lowest BCUT2D eigenvalue weighted by Gasteiger charge is -2.43. The molecule has 2 nitrogen and oxygen atoms in total. The highest BCUT2D eigenvalue weighted by molar-refractivity contribution is 5.16. The molecule has 2 aliphatic heterocycles. The largest absolute Gasteiger partial charge is 0.389 e. The third-order valence-corrected chi connectivity index (χ3v) is 4.93. The van der Waals surface area contributed by atoms with E-state index in [1.165, 1.54) is 18.4 Å². The average Bonchev–Trinajstić information content (AvgIpc) is 2.73. The van der Waals surface area contributed by atoms with Crippen LogP contribution in [0.4, 0.5) is 0 Å². The molecule has 2 atom stereocenters. The van der Waals surface area contributed by atoms with Gasteiger partial charge in [-0.25, -0.2) is 0 Å². The number of hydrogen-bond acceptors (Lipinski definition) is 2. The number of rotatable bonds is 3. The maximum Gasteiger partial charge on any atom is 0.0786 e. The van der Waals surface area contributed by atoms with Crippen molar-refractivity contribution in [2.24, 2.45) is 0 Å². The van der Waals surface area contributed by atoms with Crippen molar-refractivity contribution in [3.8, 4) is 11.8 Å². The standard InChI is InChI=1S/C19H25NO/c1-2-3-7-12-19(21)13-17-10-11-18(14-19)20(17)15-16-8-5-4-6-9-16/h4-6,8-9,17-18,21H,2,10-15H2,1H3. The van der Waals surface area contributed by atoms with Crippen LogP contribution in [0.15, 0.2) is 30.3 Å². The molecule has 112 valence electrons. The van der Waals surface area contributed by atoms with E-state index in [0.29, 0.717) is 18.5 Å². The first-order valence-corrected chi connectivity index (χ1v) is 8.18. The summed E-state index contributed by atoms with van der Waals surface area (Å²) in [5.41, 5.74) is 0.826. The maximum absolute atomic E-state index is 10.8. The van der Waals surface area contributed by atoms with Crippen molar-refractivity contribution in [1.82, 2.24) is 4.90 Å². The van der Waals surface area contributed by atoms with Crippen LogP contribution in [0.25, 0.3) is 0 Å². The van der Waals surface area contributed by atoms with Crippen LogP contribution in [-0.4, -0.2) is 27.7 Å². The highest BCUT2D eigenvalue weighted by Gasteiger charge is 2.46. The van der Waals surface area contributed by atoms with Crippen LogP contribution in [0.5, 0.6) is 0 Å². The Kier molecular flexibility index (Phi) is 4.33. The van der Waals surface area contributed by atoms with Gasteiger partial charge >= 0.3 is 0 Å². The summed E-state index contributed by atoms with van der Waals surface area (Å²) in [7, 11) is 0. The normalized spacial score (nSPS) is 31.7. The van der Waals surface area contributed by atoms with Gasteiger partial charge in [0.25, 0.3) is 0 Å². The molecule has 2 bridgehead atoms. The van der Waals surface area contributed by atoms with Crippen LogP contribution >= 0.6 is 0 Å². The zero-order valence-electron chi connectivity index (χ0n) is 12.9. The number of aliphatic hydroxyl groups is 1. The Morgan fingerprint density at radius 1 is 1.14 bits per heavy atom. The summed E-state index contributed by atoms with van der Waals surface area (Å²) in [6, 6.07) is 11.7. The molecule has 0 aliphatic carbocycles. The summed E-state index contributed by atoms with van der Waals surface area (Å²) in [4.78, 5) is 2.61. The van der Waals surface area contributed by atoms with Crippen molar-refractivity contribution in [1.29, 1.82) is 0 Å². The second kappa shape index (κ2) is 6.22. The third kappa shape index (κ3) is 3.31. The first-order valence-electron chi connectivity index (χ1n) is 8.18. The molecule has 0 aromatic heterocycles. The van der Waals surface area contributed by atoms with Gasteiger partial charge in [0.05, 0.1) is 5.60 Å². The summed E-state index contributed by atoms with van der Waals surface area (Å²) in [5, 5.41) is 10.8. The fourth-order valence-corrected chi connectivity index (χ4v) is 3.96. The van der Waals surface area contributed by atoms with Crippen LogP contribution in [0.1, 0.15) is 51.0 Å². The van der Waals surface area contributed by atoms with Crippen molar-refractivity contribution in [3.63, 3.8) is 0 Å². The highest BCUT2D eigenvalue weighted by Crippen LogP contribution is 2.42. The van der Waals surface area contributed by atoms with Gasteiger partial charge in [0.15, 0.2) is 0 Å². The van der Waals surface area contributed by atoms with Crippen LogP contribution in [-0.2, 0) is 6.54 Å². The number of nitrogens with zero attached hydrogens (tertiary/aromatic N) is 1. The molecule has 2 heterocycles. The molecule has 0 radical (unpaired) electrons. The third-order valence-electron chi connectivity index (χ3n) is 4.93. The Bertz CT molecular complexity index is 513. The zero-order chi connectivity index (χ0) is 14.7. The molecule has 2 unspecified atom stereocenters. The molecule has 3 rings (SSSR count). The van der Waals surface area contributed by atoms with Gasteiger partial charge in [-0.15, -0.1) is 11.8 Å². The lowest BCUT2D eigenvalue weighted by Crippen LogP contribution is -2.50. The minimum absolute atomic E-state index is 0.525. The molecule has 2 heteroatoms. The van der Waals surface area contributed by atoms with E-state index in [2.05, 4.69) is 54.0 Å². The minimum atomic E-state index is -0.554. The lowest BCUT2D eigenvalue weighted by atomic mass is 9.83. The highest BCUT2D eigenvalue weighted by atomic mass is 16.3. The topological polar surface area (TPSA) is 23.5 Å². The van der Waals surface area contributed by atoms with Gasteiger partial charge in [0.1, 0.15) is 0 Å². The van der Waals surface area contributed by atoms with Crippen LogP contribution in [0.3, 0.4) is 0 Å². The monoisotopic (exact) mass is 283 g/mol. The fraction of sp³-hybridized carbons (Fsp3) is 0.579. The Morgan fingerprint density at radius 3 is 2.43 bits per heavy atom. The Labute approximate surface area is 128 Å². The summed E-state index contributed by atoms with van der Waals surface area (Å²) < 4.78 is 0. The molecule has 1 aromatic rings. The van der Waals surface area contributed by atoms with Crippen LogP contribution in [0.2, 0.25) is 0 Å². The second-order valence-electron chi connectivity index (χ2n) is 6.56. The van der Waals surface area contributed by atoms with E-state index in [4.69, 9.17) is 0 Å². The summed E-state index contributed by atoms with van der Waals surface area (Å²) in [5.74, 6) is 6.26. The van der Waals surface area contributed by atoms with E-state index in [0.717, 1.165) is 25.8 Å². The number of fused-ring (bicyclic) bond motifs is 2. The van der Waals surface area contributed by atoms with E-state index in [1.54, 1.807) is 0 Å². The molecule has 2 fully saturated rings. The van der Waals surface area contributed by atoms with Gasteiger partial charge in [-0.3, -0.25) is 4.90 Å². The van der Waals surface area contributed by atoms with Crippen molar-refractivity contribution >= 4 is 0 Å². The fourth-order valence-electron chi connectivity index (χ4n) is 3.96. The van der Waals surface area contributed by atoms with E-state index in [-0.39, 0.29) is 0 Å². The Morgan fingerprint density at radius 2 is 1.81 bits per heavy atom. The molecule has 0 saturated carbocycles. The molecule has 2 saturated heterocycles. The Hall–Kier alpha value is -1.30. The van der Waals surface area contributed by atoms with Gasteiger partial charge in [0.2, 0.25) is 0 Å². The predicted octanol–water partition coefficient (Wildman–Crippen LogP) is 3.35. The van der Waals surface area contributed by atoms with Crippen molar-refractivity contribution in [3.05, 3.63) is 35.9 Å². The number of benzene rings is 1. The van der Waals surface area contributed by atoms with Crippen molar-refractivity contribution in [2.75, 3.05) is 0 Å². The summed E-state index contributed by atoms with van der Waals surface area (Å²) >= 11 is 0. The number of hydrogen-bond donors (Lipinski definition) is 1. The van der Waals surface area contributed by atoms with Crippen LogP contribution in [0, 0.1) is 11.8 Å². The zero-order valence-corrected chi connectivity index (χ0v) is 12.9. The van der Waals surface area contributed by atoms with Crippen molar-refractivity contribution < 1.29 is 5.11 Å². The molecule has 0 amide bonds. The lowest BCUT2D eigenvalue weighted by molar-refractivity contribution is -0.0508. The smallest absolute Gasteiger partial charge is 0.0786 e. The Balaban J connectivity index is 1.67. The van der Waals surface area contributed by atoms with E-state index in [9.17, 15) is 5.11 Å².